The van der Waals surface area contributed by atoms with E-state index in [4.69, 9.17) is 4.74 Å². The largest absolute Gasteiger partial charge is 0.573 e. The van der Waals surface area contributed by atoms with Crippen LogP contribution in [0.3, 0.4) is 0 Å². The number of hydrogen-bond donors (Lipinski definition) is 0. The van der Waals surface area contributed by atoms with Gasteiger partial charge in [-0.1, -0.05) is 18.7 Å². The fourth-order valence-electron chi connectivity index (χ4n) is 2.11. The molecule has 1 aromatic carbocycles. The van der Waals surface area contributed by atoms with Crippen LogP contribution in [0, 0.1) is 0 Å². The lowest BCUT2D eigenvalue weighted by Gasteiger charge is -2.09. The summed E-state index contributed by atoms with van der Waals surface area (Å²) in [5, 5.41) is 0. The van der Waals surface area contributed by atoms with Crippen molar-refractivity contribution in [3.05, 3.63) is 54.4 Å². The van der Waals surface area contributed by atoms with Gasteiger partial charge < -0.3 is 9.47 Å². The van der Waals surface area contributed by atoms with E-state index < -0.39 is 6.36 Å². The molecule has 0 bridgehead atoms. The molecule has 1 aromatic heterocycles. The number of fused-ring (bicyclic) bond motifs is 1. The predicted octanol–water partition coefficient (Wildman–Crippen LogP) is 4.10. The maximum absolute atomic E-state index is 12.1. The molecule has 0 N–H and O–H groups in total. The van der Waals surface area contributed by atoms with E-state index in [2.05, 4.69) is 16.3 Å². The van der Waals surface area contributed by atoms with E-state index >= 15 is 0 Å². The average Bonchev–Trinajstić information content (AvgIpc) is 2.76. The number of rotatable bonds is 2. The molecule has 3 nitrogen and oxygen atoms in total. The Kier molecular flexibility index (Phi) is 3.08. The number of aromatic nitrogens is 1. The highest BCUT2D eigenvalue weighted by molar-refractivity contribution is 5.65. The number of halogens is 3. The van der Waals surface area contributed by atoms with E-state index in [9.17, 15) is 13.2 Å². The first-order chi connectivity index (χ1) is 9.90. The number of ether oxygens (including phenoxy) is 2. The molecule has 108 valence electrons. The van der Waals surface area contributed by atoms with Crippen LogP contribution in [0.1, 0.15) is 5.56 Å². The maximum atomic E-state index is 12.1. The standard InChI is InChI=1S/C15H10F3NO2/c1-9-6-11-7-12(8-19-14(11)20-9)10-2-4-13(5-3-10)21-15(16,17)18/h2-5,7-8H,1,6H2. The summed E-state index contributed by atoms with van der Waals surface area (Å²) >= 11 is 0. The van der Waals surface area contributed by atoms with Crippen LogP contribution in [0.25, 0.3) is 11.1 Å². The van der Waals surface area contributed by atoms with Crippen molar-refractivity contribution in [2.75, 3.05) is 0 Å². The highest BCUT2D eigenvalue weighted by Crippen LogP contribution is 2.32. The second-order valence-electron chi connectivity index (χ2n) is 4.58. The number of benzene rings is 1. The Morgan fingerprint density at radius 1 is 1.14 bits per heavy atom. The van der Waals surface area contributed by atoms with E-state index in [1.807, 2.05) is 6.07 Å². The Morgan fingerprint density at radius 2 is 1.86 bits per heavy atom. The second-order valence-corrected chi connectivity index (χ2v) is 4.58. The van der Waals surface area contributed by atoms with E-state index in [1.54, 1.807) is 18.3 Å². The average molecular weight is 293 g/mol. The van der Waals surface area contributed by atoms with Crippen LogP contribution < -0.4 is 9.47 Å². The van der Waals surface area contributed by atoms with Crippen LogP contribution in [-0.2, 0) is 6.42 Å². The molecule has 2 aromatic rings. The molecular weight excluding hydrogens is 283 g/mol. The molecule has 0 atom stereocenters. The van der Waals surface area contributed by atoms with Crippen molar-refractivity contribution in [2.24, 2.45) is 0 Å². The molecule has 0 fully saturated rings. The molecule has 21 heavy (non-hydrogen) atoms. The van der Waals surface area contributed by atoms with Crippen molar-refractivity contribution in [1.29, 1.82) is 0 Å². The van der Waals surface area contributed by atoms with Gasteiger partial charge in [-0.25, -0.2) is 4.98 Å². The Labute approximate surface area is 118 Å². The molecule has 0 unspecified atom stereocenters. The van der Waals surface area contributed by atoms with Crippen LogP contribution in [0.2, 0.25) is 0 Å². The summed E-state index contributed by atoms with van der Waals surface area (Å²) in [6.07, 6.45) is -2.49. The normalized spacial score (nSPS) is 13.8. The first kappa shape index (κ1) is 13.5. The molecule has 6 heteroatoms. The molecule has 0 saturated heterocycles. The lowest BCUT2D eigenvalue weighted by atomic mass is 10.0. The fraction of sp³-hybridized carbons (Fsp3) is 0.133. The summed E-state index contributed by atoms with van der Waals surface area (Å²) in [4.78, 5) is 4.17. The Hall–Kier alpha value is -2.50. The highest BCUT2D eigenvalue weighted by atomic mass is 19.4. The minimum Gasteiger partial charge on any atom is -0.443 e. The minimum absolute atomic E-state index is 0.253. The van der Waals surface area contributed by atoms with Gasteiger partial charge in [0.2, 0.25) is 5.88 Å². The summed E-state index contributed by atoms with van der Waals surface area (Å²) in [6.45, 7) is 3.73. The molecule has 3 rings (SSSR count). The number of alkyl halides is 3. The van der Waals surface area contributed by atoms with Crippen molar-refractivity contribution >= 4 is 0 Å². The van der Waals surface area contributed by atoms with Crippen LogP contribution in [0.5, 0.6) is 11.6 Å². The maximum Gasteiger partial charge on any atom is 0.573 e. The molecule has 0 amide bonds. The van der Waals surface area contributed by atoms with Gasteiger partial charge in [0.15, 0.2) is 0 Å². The van der Waals surface area contributed by atoms with Gasteiger partial charge in [-0.3, -0.25) is 0 Å². The van der Waals surface area contributed by atoms with Crippen molar-refractivity contribution in [3.8, 4) is 22.8 Å². The van der Waals surface area contributed by atoms with Gasteiger partial charge in [-0.2, -0.15) is 0 Å². The van der Waals surface area contributed by atoms with Gasteiger partial charge >= 0.3 is 6.36 Å². The van der Waals surface area contributed by atoms with E-state index in [0.717, 1.165) is 16.7 Å². The van der Waals surface area contributed by atoms with Gasteiger partial charge in [0, 0.05) is 23.7 Å². The summed E-state index contributed by atoms with van der Waals surface area (Å²) < 4.78 is 45.4. The predicted molar refractivity (Wildman–Crippen MR) is 69.8 cm³/mol. The summed E-state index contributed by atoms with van der Waals surface area (Å²) in [5.41, 5.74) is 2.45. The molecule has 2 heterocycles. The smallest absolute Gasteiger partial charge is 0.443 e. The summed E-state index contributed by atoms with van der Waals surface area (Å²) in [6, 6.07) is 7.53. The zero-order valence-electron chi connectivity index (χ0n) is 10.8. The minimum atomic E-state index is -4.69. The van der Waals surface area contributed by atoms with Crippen molar-refractivity contribution in [1.82, 2.24) is 4.98 Å². The van der Waals surface area contributed by atoms with E-state index in [-0.39, 0.29) is 5.75 Å². The molecule has 0 saturated carbocycles. The topological polar surface area (TPSA) is 31.4 Å². The number of nitrogens with zero attached hydrogens (tertiary/aromatic N) is 1. The molecule has 0 aliphatic carbocycles. The lowest BCUT2D eigenvalue weighted by Crippen LogP contribution is -2.16. The highest BCUT2D eigenvalue weighted by Gasteiger charge is 2.31. The summed E-state index contributed by atoms with van der Waals surface area (Å²) in [7, 11) is 0. The second kappa shape index (κ2) is 4.80. The third-order valence-corrected chi connectivity index (χ3v) is 2.98. The van der Waals surface area contributed by atoms with Crippen molar-refractivity contribution < 1.29 is 22.6 Å². The zero-order chi connectivity index (χ0) is 15.0. The quantitative estimate of drug-likeness (QED) is 0.835. The molecule has 0 spiro atoms. The van der Waals surface area contributed by atoms with Crippen LogP contribution >= 0.6 is 0 Å². The van der Waals surface area contributed by atoms with Crippen molar-refractivity contribution in [2.45, 2.75) is 12.8 Å². The van der Waals surface area contributed by atoms with Gasteiger partial charge in [0.05, 0.1) is 0 Å². The van der Waals surface area contributed by atoms with Gasteiger partial charge in [0.1, 0.15) is 11.5 Å². The van der Waals surface area contributed by atoms with E-state index in [0.29, 0.717) is 18.1 Å². The summed E-state index contributed by atoms with van der Waals surface area (Å²) in [5.74, 6) is 0.904. The number of pyridine rings is 1. The number of allylic oxidation sites excluding steroid dienone is 1. The Morgan fingerprint density at radius 3 is 2.52 bits per heavy atom. The first-order valence-electron chi connectivity index (χ1n) is 6.11. The monoisotopic (exact) mass is 293 g/mol. The van der Waals surface area contributed by atoms with Crippen LogP contribution in [-0.4, -0.2) is 11.3 Å². The number of hydrogen-bond acceptors (Lipinski definition) is 3. The van der Waals surface area contributed by atoms with Gasteiger partial charge in [-0.15, -0.1) is 13.2 Å². The van der Waals surface area contributed by atoms with Gasteiger partial charge in [0.25, 0.3) is 0 Å². The van der Waals surface area contributed by atoms with Crippen LogP contribution in [0.15, 0.2) is 48.9 Å². The van der Waals surface area contributed by atoms with Crippen LogP contribution in [0.4, 0.5) is 13.2 Å². The SMILES string of the molecule is C=C1Cc2cc(-c3ccc(OC(F)(F)F)cc3)cnc2O1. The Bertz CT molecular complexity index is 693. The Balaban J connectivity index is 1.85. The van der Waals surface area contributed by atoms with Crippen molar-refractivity contribution in [3.63, 3.8) is 0 Å². The lowest BCUT2D eigenvalue weighted by molar-refractivity contribution is -0.274. The molecule has 1 aliphatic heterocycles. The van der Waals surface area contributed by atoms with Gasteiger partial charge in [-0.05, 0) is 23.8 Å². The first-order valence-corrected chi connectivity index (χ1v) is 6.11. The third kappa shape index (κ3) is 2.99. The third-order valence-electron chi connectivity index (χ3n) is 2.98. The molecule has 1 aliphatic rings. The zero-order valence-corrected chi connectivity index (χ0v) is 10.8. The molecule has 0 radical (unpaired) electrons. The fourth-order valence-corrected chi connectivity index (χ4v) is 2.11. The van der Waals surface area contributed by atoms with E-state index in [1.165, 1.54) is 12.1 Å². The molecular formula is C15H10F3NO2.